The van der Waals surface area contributed by atoms with Gasteiger partial charge in [0.1, 0.15) is 0 Å². The van der Waals surface area contributed by atoms with Gasteiger partial charge in [0.25, 0.3) is 0 Å². The quantitative estimate of drug-likeness (QED) is 0.602. The molecular formula is C8H17NO. The molecule has 2 N–H and O–H groups in total. The van der Waals surface area contributed by atoms with Gasteiger partial charge >= 0.3 is 0 Å². The van der Waals surface area contributed by atoms with Crippen molar-refractivity contribution in [2.45, 2.75) is 44.8 Å². The Hall–Kier alpha value is -0.0800. The molecule has 0 radical (unpaired) electrons. The number of hydrogen-bond acceptors (Lipinski definition) is 2. The number of rotatable bonds is 2. The molecule has 0 heterocycles. The Morgan fingerprint density at radius 2 is 2.30 bits per heavy atom. The van der Waals surface area contributed by atoms with E-state index in [1.807, 2.05) is 0 Å². The van der Waals surface area contributed by atoms with Crippen LogP contribution in [0.1, 0.15) is 32.6 Å². The number of nitrogens with one attached hydrogen (secondary N) is 1. The van der Waals surface area contributed by atoms with Gasteiger partial charge in [0.15, 0.2) is 0 Å². The van der Waals surface area contributed by atoms with Crippen molar-refractivity contribution in [3.63, 3.8) is 0 Å². The number of hydrogen-bond donors (Lipinski definition) is 2. The normalized spacial score (nSPS) is 34.2. The molecule has 0 aromatic heterocycles. The highest BCUT2D eigenvalue weighted by Gasteiger charge is 2.18. The fourth-order valence-corrected chi connectivity index (χ4v) is 1.64. The van der Waals surface area contributed by atoms with Crippen molar-refractivity contribution in [1.29, 1.82) is 0 Å². The summed E-state index contributed by atoms with van der Waals surface area (Å²) < 4.78 is 0. The fourth-order valence-electron chi connectivity index (χ4n) is 1.64. The summed E-state index contributed by atoms with van der Waals surface area (Å²) in [6, 6.07) is 0.578. The van der Waals surface area contributed by atoms with E-state index in [2.05, 4.69) is 12.2 Å². The van der Waals surface area contributed by atoms with Crippen molar-refractivity contribution in [3.8, 4) is 0 Å². The van der Waals surface area contributed by atoms with E-state index in [0.717, 1.165) is 19.4 Å². The zero-order valence-corrected chi connectivity index (χ0v) is 6.64. The SMILES string of the molecule is CCNC1CCCC(O)C1. The van der Waals surface area contributed by atoms with E-state index in [0.29, 0.717) is 6.04 Å². The Morgan fingerprint density at radius 1 is 1.50 bits per heavy atom. The highest BCUT2D eigenvalue weighted by Crippen LogP contribution is 2.17. The smallest absolute Gasteiger partial charge is 0.0555 e. The minimum atomic E-state index is -0.0437. The summed E-state index contributed by atoms with van der Waals surface area (Å²) in [6.07, 6.45) is 4.33. The lowest BCUT2D eigenvalue weighted by atomic mass is 9.93. The minimum Gasteiger partial charge on any atom is -0.393 e. The predicted molar refractivity (Wildman–Crippen MR) is 41.9 cm³/mol. The molecule has 0 saturated heterocycles. The first kappa shape index (κ1) is 8.02. The third-order valence-corrected chi connectivity index (χ3v) is 2.14. The molecule has 0 aromatic carbocycles. The molecule has 2 unspecified atom stereocenters. The minimum absolute atomic E-state index is 0.0437. The molecule has 0 aliphatic heterocycles. The third-order valence-electron chi connectivity index (χ3n) is 2.14. The molecule has 0 amide bonds. The lowest BCUT2D eigenvalue weighted by Gasteiger charge is -2.26. The Bertz CT molecular complexity index is 93.3. The van der Waals surface area contributed by atoms with E-state index in [-0.39, 0.29) is 6.10 Å². The largest absolute Gasteiger partial charge is 0.393 e. The van der Waals surface area contributed by atoms with Gasteiger partial charge in [-0.25, -0.2) is 0 Å². The van der Waals surface area contributed by atoms with Gasteiger partial charge in [-0.05, 0) is 32.2 Å². The van der Waals surface area contributed by atoms with E-state index in [1.165, 1.54) is 12.8 Å². The molecule has 2 heteroatoms. The van der Waals surface area contributed by atoms with Crippen molar-refractivity contribution in [2.75, 3.05) is 6.54 Å². The zero-order chi connectivity index (χ0) is 7.40. The van der Waals surface area contributed by atoms with Gasteiger partial charge in [-0.15, -0.1) is 0 Å². The predicted octanol–water partition coefficient (Wildman–Crippen LogP) is 0.899. The first-order chi connectivity index (χ1) is 4.83. The van der Waals surface area contributed by atoms with Gasteiger partial charge in [-0.1, -0.05) is 6.92 Å². The van der Waals surface area contributed by atoms with Crippen LogP contribution >= 0.6 is 0 Å². The molecule has 1 rings (SSSR count). The first-order valence-electron chi connectivity index (χ1n) is 4.24. The molecule has 0 aromatic rings. The van der Waals surface area contributed by atoms with Gasteiger partial charge in [0.05, 0.1) is 6.10 Å². The van der Waals surface area contributed by atoms with Crippen molar-refractivity contribution >= 4 is 0 Å². The molecule has 0 bridgehead atoms. The van der Waals surface area contributed by atoms with E-state index in [9.17, 15) is 5.11 Å². The van der Waals surface area contributed by atoms with Crippen molar-refractivity contribution in [1.82, 2.24) is 5.32 Å². The van der Waals surface area contributed by atoms with Crippen LogP contribution in [0.15, 0.2) is 0 Å². The summed E-state index contributed by atoms with van der Waals surface area (Å²) in [7, 11) is 0. The van der Waals surface area contributed by atoms with Crippen LogP contribution in [0.3, 0.4) is 0 Å². The van der Waals surface area contributed by atoms with E-state index in [4.69, 9.17) is 0 Å². The van der Waals surface area contributed by atoms with Gasteiger partial charge < -0.3 is 10.4 Å². The van der Waals surface area contributed by atoms with Crippen LogP contribution in [0.2, 0.25) is 0 Å². The highest BCUT2D eigenvalue weighted by atomic mass is 16.3. The van der Waals surface area contributed by atoms with Gasteiger partial charge in [-0.2, -0.15) is 0 Å². The lowest BCUT2D eigenvalue weighted by Crippen LogP contribution is -2.35. The average Bonchev–Trinajstić information content (AvgIpc) is 1.88. The van der Waals surface area contributed by atoms with E-state index >= 15 is 0 Å². The van der Waals surface area contributed by atoms with Crippen LogP contribution < -0.4 is 5.32 Å². The highest BCUT2D eigenvalue weighted by molar-refractivity contribution is 4.76. The maximum absolute atomic E-state index is 9.27. The molecule has 2 atom stereocenters. The lowest BCUT2D eigenvalue weighted by molar-refractivity contribution is 0.112. The average molecular weight is 143 g/mol. The Kier molecular flexibility index (Phi) is 3.16. The Labute approximate surface area is 62.6 Å². The maximum Gasteiger partial charge on any atom is 0.0555 e. The zero-order valence-electron chi connectivity index (χ0n) is 6.64. The summed E-state index contributed by atoms with van der Waals surface area (Å²) in [5.74, 6) is 0. The van der Waals surface area contributed by atoms with Crippen LogP contribution in [0, 0.1) is 0 Å². The van der Waals surface area contributed by atoms with Crippen LogP contribution in [0.4, 0.5) is 0 Å². The summed E-state index contributed by atoms with van der Waals surface area (Å²) in [6.45, 7) is 3.14. The maximum atomic E-state index is 9.27. The second-order valence-electron chi connectivity index (χ2n) is 3.08. The summed E-state index contributed by atoms with van der Waals surface area (Å²) >= 11 is 0. The number of aliphatic hydroxyl groups excluding tert-OH is 1. The van der Waals surface area contributed by atoms with Crippen LogP contribution in [0.5, 0.6) is 0 Å². The molecule has 10 heavy (non-hydrogen) atoms. The molecule has 2 nitrogen and oxygen atoms in total. The molecule has 1 saturated carbocycles. The van der Waals surface area contributed by atoms with Gasteiger partial charge in [0.2, 0.25) is 0 Å². The Balaban J connectivity index is 2.18. The van der Waals surface area contributed by atoms with Gasteiger partial charge in [0, 0.05) is 6.04 Å². The van der Waals surface area contributed by atoms with Crippen LogP contribution in [0.25, 0.3) is 0 Å². The number of aliphatic hydroxyl groups is 1. The molecular weight excluding hydrogens is 126 g/mol. The molecule has 1 fully saturated rings. The summed E-state index contributed by atoms with van der Waals surface area (Å²) in [5, 5.41) is 12.6. The second kappa shape index (κ2) is 3.94. The molecule has 1 aliphatic rings. The van der Waals surface area contributed by atoms with Crippen LogP contribution in [-0.2, 0) is 0 Å². The van der Waals surface area contributed by atoms with E-state index in [1.54, 1.807) is 0 Å². The molecule has 60 valence electrons. The van der Waals surface area contributed by atoms with Crippen molar-refractivity contribution < 1.29 is 5.11 Å². The molecule has 0 spiro atoms. The standard InChI is InChI=1S/C8H17NO/c1-2-9-7-4-3-5-8(10)6-7/h7-10H,2-6H2,1H3. The van der Waals surface area contributed by atoms with Crippen molar-refractivity contribution in [2.24, 2.45) is 0 Å². The summed E-state index contributed by atoms with van der Waals surface area (Å²) in [4.78, 5) is 0. The topological polar surface area (TPSA) is 32.3 Å². The monoisotopic (exact) mass is 143 g/mol. The third kappa shape index (κ3) is 2.27. The van der Waals surface area contributed by atoms with Crippen LogP contribution in [-0.4, -0.2) is 23.8 Å². The second-order valence-corrected chi connectivity index (χ2v) is 3.08. The van der Waals surface area contributed by atoms with Gasteiger partial charge in [-0.3, -0.25) is 0 Å². The van der Waals surface area contributed by atoms with E-state index < -0.39 is 0 Å². The van der Waals surface area contributed by atoms with Crippen molar-refractivity contribution in [3.05, 3.63) is 0 Å². The first-order valence-corrected chi connectivity index (χ1v) is 4.24. The Morgan fingerprint density at radius 3 is 2.90 bits per heavy atom. The summed E-state index contributed by atoms with van der Waals surface area (Å²) in [5.41, 5.74) is 0. The fraction of sp³-hybridized carbons (Fsp3) is 1.00. The molecule has 1 aliphatic carbocycles.